The molecular formula is C35H52O12. The maximum atomic E-state index is 12.3. The van der Waals surface area contributed by atoms with Gasteiger partial charge in [0.05, 0.1) is 29.6 Å². The molecule has 0 aliphatic heterocycles. The van der Waals surface area contributed by atoms with Crippen molar-refractivity contribution in [2.45, 2.75) is 65.6 Å². The Hall–Kier alpha value is -4.03. The third kappa shape index (κ3) is 15.9. The van der Waals surface area contributed by atoms with Crippen LogP contribution in [0.2, 0.25) is 0 Å². The average molecular weight is 665 g/mol. The van der Waals surface area contributed by atoms with E-state index in [4.69, 9.17) is 28.4 Å². The molecule has 1 N–H and O–H groups in total. The minimum atomic E-state index is -1.52. The van der Waals surface area contributed by atoms with E-state index in [9.17, 15) is 29.1 Å². The molecule has 0 heterocycles. The van der Waals surface area contributed by atoms with Crippen molar-refractivity contribution < 1.29 is 57.5 Å². The van der Waals surface area contributed by atoms with E-state index in [1.54, 1.807) is 0 Å². The van der Waals surface area contributed by atoms with Gasteiger partial charge >= 0.3 is 29.8 Å². The van der Waals surface area contributed by atoms with Gasteiger partial charge in [-0.3, -0.25) is 0 Å². The molecule has 0 aromatic heterocycles. The van der Waals surface area contributed by atoms with E-state index >= 15 is 0 Å². The van der Waals surface area contributed by atoms with E-state index in [0.717, 1.165) is 30.4 Å². The Bertz CT molecular complexity index is 1010. The van der Waals surface area contributed by atoms with E-state index < -0.39 is 92.5 Å². The van der Waals surface area contributed by atoms with Gasteiger partial charge in [-0.15, -0.1) is 0 Å². The van der Waals surface area contributed by atoms with Crippen molar-refractivity contribution in [3.8, 4) is 0 Å². The number of carbonyl (C=O) groups excluding carboxylic acids is 5. The number of aliphatic hydroxyl groups excluding tert-OH is 1. The molecule has 0 aliphatic rings. The highest BCUT2D eigenvalue weighted by atomic mass is 16.6. The van der Waals surface area contributed by atoms with E-state index in [0.29, 0.717) is 12.8 Å². The molecule has 12 heteroatoms. The monoisotopic (exact) mass is 664 g/mol. The standard InChI is InChI=1S/C35H52O12/c1-10-29(37)42-20-34(19-36,21-43-30(38)11-2)27(17-15-25(6)7)47-28(18-16-26(8)9)35(22-44-31(39)12-3,23-45-32(40)13-4)24-46-33(41)14-5/h10-14,25-28,36H,1-5,15-24H2,6-9H3. The number of aliphatic hydroxyl groups is 1. The Balaban J connectivity index is 7.45. The Morgan fingerprint density at radius 2 is 0.766 bits per heavy atom. The van der Waals surface area contributed by atoms with E-state index in [2.05, 4.69) is 32.9 Å². The number of hydrogen-bond acceptors (Lipinski definition) is 12. The summed E-state index contributed by atoms with van der Waals surface area (Å²) < 4.78 is 34.1. The largest absolute Gasteiger partial charge is 0.462 e. The molecule has 12 nitrogen and oxygen atoms in total. The van der Waals surface area contributed by atoms with Crippen LogP contribution in [-0.2, 0) is 52.4 Å². The summed E-state index contributed by atoms with van der Waals surface area (Å²) in [4.78, 5) is 61.3. The molecule has 0 spiro atoms. The molecule has 0 fully saturated rings. The molecular weight excluding hydrogens is 612 g/mol. The molecule has 0 saturated heterocycles. The van der Waals surface area contributed by atoms with Gasteiger partial charge in [0.25, 0.3) is 0 Å². The number of rotatable bonds is 26. The molecule has 0 aromatic carbocycles. The summed E-state index contributed by atoms with van der Waals surface area (Å²) in [7, 11) is 0. The van der Waals surface area contributed by atoms with Crippen molar-refractivity contribution in [2.24, 2.45) is 22.7 Å². The summed E-state index contributed by atoms with van der Waals surface area (Å²) in [5, 5.41) is 10.9. The van der Waals surface area contributed by atoms with Crippen LogP contribution in [-0.4, -0.2) is 86.8 Å². The van der Waals surface area contributed by atoms with Crippen LogP contribution in [0.1, 0.15) is 53.4 Å². The molecule has 0 rings (SSSR count). The Labute approximate surface area is 278 Å². The Morgan fingerprint density at radius 3 is 1.00 bits per heavy atom. The van der Waals surface area contributed by atoms with Gasteiger partial charge in [0, 0.05) is 30.4 Å². The predicted octanol–water partition coefficient (Wildman–Crippen LogP) is 4.22. The summed E-state index contributed by atoms with van der Waals surface area (Å²) in [6.07, 6.45) is 4.42. The SMILES string of the molecule is C=CC(=O)OCC(CO)(COC(=O)C=C)C(CCC(C)C)OC(CCC(C)C)C(COC(=O)C=C)(COC(=O)C=C)COC(=O)C=C. The maximum absolute atomic E-state index is 12.3. The zero-order chi connectivity index (χ0) is 36.0. The van der Waals surface area contributed by atoms with Crippen LogP contribution >= 0.6 is 0 Å². The smallest absolute Gasteiger partial charge is 0.330 e. The third-order valence-electron chi connectivity index (χ3n) is 7.36. The number of esters is 5. The van der Waals surface area contributed by atoms with Gasteiger partial charge < -0.3 is 33.5 Å². The Kier molecular flexibility index (Phi) is 20.6. The highest BCUT2D eigenvalue weighted by Gasteiger charge is 2.49. The van der Waals surface area contributed by atoms with Crippen molar-refractivity contribution in [3.63, 3.8) is 0 Å². The van der Waals surface area contributed by atoms with Crippen LogP contribution in [0.25, 0.3) is 0 Å². The highest BCUT2D eigenvalue weighted by molar-refractivity contribution is 5.82. The van der Waals surface area contributed by atoms with Gasteiger partial charge in [0.2, 0.25) is 0 Å². The highest BCUT2D eigenvalue weighted by Crippen LogP contribution is 2.38. The lowest BCUT2D eigenvalue weighted by molar-refractivity contribution is -0.208. The first-order chi connectivity index (χ1) is 22.2. The van der Waals surface area contributed by atoms with Crippen LogP contribution in [0.4, 0.5) is 0 Å². The molecule has 47 heavy (non-hydrogen) atoms. The molecule has 0 bridgehead atoms. The summed E-state index contributed by atoms with van der Waals surface area (Å²) in [6, 6.07) is 0. The fraction of sp³-hybridized carbons (Fsp3) is 0.571. The summed E-state index contributed by atoms with van der Waals surface area (Å²) in [6.45, 7) is 22.1. The quantitative estimate of drug-likeness (QED) is 0.0798. The molecule has 0 amide bonds. The van der Waals surface area contributed by atoms with Crippen molar-refractivity contribution in [3.05, 3.63) is 63.3 Å². The normalized spacial score (nSPS) is 12.7. The van der Waals surface area contributed by atoms with E-state index in [1.807, 2.05) is 27.7 Å². The van der Waals surface area contributed by atoms with E-state index in [1.165, 1.54) is 0 Å². The van der Waals surface area contributed by atoms with Gasteiger partial charge in [-0.1, -0.05) is 60.6 Å². The van der Waals surface area contributed by atoms with Crippen LogP contribution in [0.3, 0.4) is 0 Å². The first-order valence-electron chi connectivity index (χ1n) is 15.4. The molecule has 0 aliphatic carbocycles. The maximum Gasteiger partial charge on any atom is 0.330 e. The molecule has 2 unspecified atom stereocenters. The van der Waals surface area contributed by atoms with Gasteiger partial charge in [0.15, 0.2) is 0 Å². The van der Waals surface area contributed by atoms with Crippen molar-refractivity contribution in [1.82, 2.24) is 0 Å². The van der Waals surface area contributed by atoms with Crippen molar-refractivity contribution >= 4 is 29.8 Å². The van der Waals surface area contributed by atoms with Gasteiger partial charge in [-0.05, 0) is 37.5 Å². The fourth-order valence-electron chi connectivity index (χ4n) is 4.40. The van der Waals surface area contributed by atoms with Gasteiger partial charge in [0.1, 0.15) is 33.0 Å². The lowest BCUT2D eigenvalue weighted by Gasteiger charge is -2.45. The molecule has 0 saturated carbocycles. The average Bonchev–Trinajstić information content (AvgIpc) is 3.07. The summed E-state index contributed by atoms with van der Waals surface area (Å²) >= 11 is 0. The first kappa shape index (κ1) is 43.0. The molecule has 264 valence electrons. The third-order valence-corrected chi connectivity index (χ3v) is 7.36. The second kappa shape index (κ2) is 22.5. The number of ether oxygens (including phenoxy) is 6. The van der Waals surface area contributed by atoms with Gasteiger partial charge in [-0.2, -0.15) is 0 Å². The zero-order valence-corrected chi connectivity index (χ0v) is 28.2. The van der Waals surface area contributed by atoms with Crippen molar-refractivity contribution in [2.75, 3.05) is 39.6 Å². The van der Waals surface area contributed by atoms with Crippen molar-refractivity contribution in [1.29, 1.82) is 0 Å². The minimum absolute atomic E-state index is 0.139. The van der Waals surface area contributed by atoms with Gasteiger partial charge in [-0.25, -0.2) is 24.0 Å². The molecule has 2 atom stereocenters. The molecule has 0 radical (unpaired) electrons. The van der Waals surface area contributed by atoms with E-state index in [-0.39, 0.29) is 24.7 Å². The van der Waals surface area contributed by atoms with Crippen LogP contribution in [0.15, 0.2) is 63.3 Å². The topological polar surface area (TPSA) is 161 Å². The Morgan fingerprint density at radius 1 is 0.511 bits per heavy atom. The minimum Gasteiger partial charge on any atom is -0.462 e. The fourth-order valence-corrected chi connectivity index (χ4v) is 4.40. The second-order valence-electron chi connectivity index (χ2n) is 12.0. The lowest BCUT2D eigenvalue weighted by atomic mass is 9.78. The number of carbonyl (C=O) groups is 5. The van der Waals surface area contributed by atoms with Crippen LogP contribution in [0, 0.1) is 22.7 Å². The second-order valence-corrected chi connectivity index (χ2v) is 12.0. The van der Waals surface area contributed by atoms with Crippen LogP contribution in [0.5, 0.6) is 0 Å². The zero-order valence-electron chi connectivity index (χ0n) is 28.2. The summed E-state index contributed by atoms with van der Waals surface area (Å²) in [5.74, 6) is -3.66. The number of hydrogen-bond donors (Lipinski definition) is 1. The molecule has 0 aromatic rings. The van der Waals surface area contributed by atoms with Crippen LogP contribution < -0.4 is 0 Å². The lowest BCUT2D eigenvalue weighted by Crippen LogP contribution is -2.55. The predicted molar refractivity (Wildman–Crippen MR) is 175 cm³/mol. The first-order valence-corrected chi connectivity index (χ1v) is 15.4. The summed E-state index contributed by atoms with van der Waals surface area (Å²) in [5.41, 5.74) is -3.03.